The summed E-state index contributed by atoms with van der Waals surface area (Å²) in [6.45, 7) is 6.24. The number of hydrogen-bond acceptors (Lipinski definition) is 5. The van der Waals surface area contributed by atoms with Crippen molar-refractivity contribution in [1.29, 1.82) is 0 Å². The lowest BCUT2D eigenvalue weighted by Crippen LogP contribution is -2.34. The summed E-state index contributed by atoms with van der Waals surface area (Å²) < 4.78 is 13.1. The molecule has 0 amide bonds. The number of ether oxygens (including phenoxy) is 2. The Bertz CT molecular complexity index is 1020. The Morgan fingerprint density at radius 2 is 1.87 bits per heavy atom. The number of hydrogen-bond donors (Lipinski definition) is 0. The van der Waals surface area contributed by atoms with Gasteiger partial charge in [-0.2, -0.15) is 0 Å². The van der Waals surface area contributed by atoms with Crippen LogP contribution in [0.15, 0.2) is 65.7 Å². The average Bonchev–Trinajstić information content (AvgIpc) is 2.78. The molecule has 6 nitrogen and oxygen atoms in total. The van der Waals surface area contributed by atoms with Crippen molar-refractivity contribution in [3.8, 4) is 17.2 Å². The number of likely N-dealkylation sites (N-methyl/N-ethyl adjacent to an activating group) is 1. The second-order valence-electron chi connectivity index (χ2n) is 7.46. The molecule has 0 N–H and O–H groups in total. The molecule has 0 aliphatic carbocycles. The van der Waals surface area contributed by atoms with Crippen molar-refractivity contribution in [2.24, 2.45) is 0 Å². The van der Waals surface area contributed by atoms with Gasteiger partial charge in [-0.15, -0.1) is 0 Å². The Morgan fingerprint density at radius 3 is 2.52 bits per heavy atom. The molecule has 0 aliphatic heterocycles. The normalized spacial score (nSPS) is 12.0. The van der Waals surface area contributed by atoms with Gasteiger partial charge in [0.15, 0.2) is 0 Å². The molecule has 2 heterocycles. The Morgan fingerprint density at radius 1 is 1.10 bits per heavy atom. The molecule has 0 radical (unpaired) electrons. The van der Waals surface area contributed by atoms with Gasteiger partial charge in [-0.05, 0) is 69.4 Å². The Hall–Kier alpha value is -2.83. The molecule has 0 bridgehead atoms. The first-order valence-electron chi connectivity index (χ1n) is 10.4. The molecule has 164 valence electrons. The van der Waals surface area contributed by atoms with E-state index in [1.807, 2.05) is 24.3 Å². The second kappa shape index (κ2) is 11.0. The second-order valence-corrected chi connectivity index (χ2v) is 7.90. The van der Waals surface area contributed by atoms with Crippen LogP contribution in [0.3, 0.4) is 0 Å². The third-order valence-electron chi connectivity index (χ3n) is 5.00. The fourth-order valence-corrected chi connectivity index (χ4v) is 3.14. The molecule has 3 rings (SSSR count). The maximum Gasteiger partial charge on any atom is 0.258 e. The first-order chi connectivity index (χ1) is 15.0. The highest BCUT2D eigenvalue weighted by Crippen LogP contribution is 2.17. The number of aromatic nitrogens is 2. The van der Waals surface area contributed by atoms with Gasteiger partial charge in [0.2, 0.25) is 0 Å². The van der Waals surface area contributed by atoms with Crippen molar-refractivity contribution in [2.75, 3.05) is 20.2 Å². The molecule has 7 heteroatoms. The lowest BCUT2D eigenvalue weighted by atomic mass is 10.2. The molecule has 1 aromatic carbocycles. The van der Waals surface area contributed by atoms with Crippen LogP contribution in [0.25, 0.3) is 5.69 Å². The maximum absolute atomic E-state index is 12.5. The SMILES string of the molecule is CCCN(C)C(C)COc1ccc(-n2ccc(OCc3ccc(Cl)cn3)cc2=O)cc1. The molecule has 1 unspecified atom stereocenters. The Labute approximate surface area is 188 Å². The fourth-order valence-electron chi connectivity index (χ4n) is 3.03. The van der Waals surface area contributed by atoms with Gasteiger partial charge < -0.3 is 14.4 Å². The van der Waals surface area contributed by atoms with Crippen LogP contribution in [-0.2, 0) is 6.61 Å². The molecule has 3 aromatic rings. The summed E-state index contributed by atoms with van der Waals surface area (Å²) in [7, 11) is 2.10. The van der Waals surface area contributed by atoms with Gasteiger partial charge in [-0.25, -0.2) is 0 Å². The fraction of sp³-hybridized carbons (Fsp3) is 0.333. The predicted molar refractivity (Wildman–Crippen MR) is 123 cm³/mol. The highest BCUT2D eigenvalue weighted by Gasteiger charge is 2.09. The summed E-state index contributed by atoms with van der Waals surface area (Å²) in [6, 6.07) is 14.6. The van der Waals surface area contributed by atoms with Gasteiger partial charge in [0.1, 0.15) is 24.7 Å². The van der Waals surface area contributed by atoms with Crippen molar-refractivity contribution in [3.05, 3.63) is 82.0 Å². The topological polar surface area (TPSA) is 56.6 Å². The van der Waals surface area contributed by atoms with E-state index in [4.69, 9.17) is 21.1 Å². The molecule has 0 saturated carbocycles. The number of rotatable bonds is 10. The predicted octanol–water partition coefficient (Wildman–Crippen LogP) is 4.57. The van der Waals surface area contributed by atoms with Gasteiger partial charge in [0.25, 0.3) is 5.56 Å². The highest BCUT2D eigenvalue weighted by molar-refractivity contribution is 6.30. The van der Waals surface area contributed by atoms with Crippen LogP contribution >= 0.6 is 11.6 Å². The molecule has 2 aromatic heterocycles. The number of nitrogens with zero attached hydrogens (tertiary/aromatic N) is 3. The molecular formula is C24H28ClN3O3. The van der Waals surface area contributed by atoms with E-state index in [2.05, 4.69) is 30.8 Å². The lowest BCUT2D eigenvalue weighted by molar-refractivity contribution is 0.173. The summed E-state index contributed by atoms with van der Waals surface area (Å²) in [6.07, 6.45) is 4.38. The smallest absolute Gasteiger partial charge is 0.258 e. The zero-order valence-electron chi connectivity index (χ0n) is 18.1. The molecule has 0 fully saturated rings. The highest BCUT2D eigenvalue weighted by atomic mass is 35.5. The molecule has 0 saturated heterocycles. The summed E-state index contributed by atoms with van der Waals surface area (Å²) in [4.78, 5) is 19.0. The van der Waals surface area contributed by atoms with Gasteiger partial charge in [-0.3, -0.25) is 14.3 Å². The van der Waals surface area contributed by atoms with Crippen LogP contribution in [0.1, 0.15) is 26.0 Å². The maximum atomic E-state index is 12.5. The minimum atomic E-state index is -0.176. The van der Waals surface area contributed by atoms with Crippen molar-refractivity contribution >= 4 is 11.6 Å². The third-order valence-corrected chi connectivity index (χ3v) is 5.22. The first kappa shape index (κ1) is 22.8. The van der Waals surface area contributed by atoms with Crippen LogP contribution < -0.4 is 15.0 Å². The van der Waals surface area contributed by atoms with Gasteiger partial charge in [0, 0.05) is 30.2 Å². The molecule has 31 heavy (non-hydrogen) atoms. The van der Waals surface area contributed by atoms with Crippen molar-refractivity contribution in [3.63, 3.8) is 0 Å². The number of pyridine rings is 2. The monoisotopic (exact) mass is 441 g/mol. The quantitative estimate of drug-likeness (QED) is 0.461. The van der Waals surface area contributed by atoms with Crippen molar-refractivity contribution in [1.82, 2.24) is 14.5 Å². The van der Waals surface area contributed by atoms with Crippen LogP contribution in [0.4, 0.5) is 0 Å². The van der Waals surface area contributed by atoms with Gasteiger partial charge >= 0.3 is 0 Å². The first-order valence-corrected chi connectivity index (χ1v) is 10.7. The standard InChI is InChI=1S/C24H28ClN3O3/c1-4-12-27(3)18(2)16-30-22-9-7-21(8-10-22)28-13-11-23(14-24(28)29)31-17-20-6-5-19(25)15-26-20/h5-11,13-15,18H,4,12,16-17H2,1-3H3. The summed E-state index contributed by atoms with van der Waals surface area (Å²) in [5.41, 5.74) is 1.32. The largest absolute Gasteiger partial charge is 0.492 e. The third kappa shape index (κ3) is 6.57. The lowest BCUT2D eigenvalue weighted by Gasteiger charge is -2.24. The van der Waals surface area contributed by atoms with Crippen LogP contribution in [0.2, 0.25) is 5.02 Å². The zero-order chi connectivity index (χ0) is 22.2. The van der Waals surface area contributed by atoms with E-state index < -0.39 is 0 Å². The van der Waals surface area contributed by atoms with Crippen molar-refractivity contribution < 1.29 is 9.47 Å². The van der Waals surface area contributed by atoms with Crippen molar-refractivity contribution in [2.45, 2.75) is 32.9 Å². The minimum absolute atomic E-state index is 0.176. The van der Waals surface area contributed by atoms with Gasteiger partial charge in [-0.1, -0.05) is 18.5 Å². The van der Waals surface area contributed by atoms with E-state index in [0.717, 1.165) is 30.1 Å². The Kier molecular flexibility index (Phi) is 8.09. The Balaban J connectivity index is 1.59. The zero-order valence-corrected chi connectivity index (χ0v) is 18.9. The summed E-state index contributed by atoms with van der Waals surface area (Å²) in [5.74, 6) is 1.27. The van der Waals surface area contributed by atoms with E-state index >= 15 is 0 Å². The molecule has 1 atom stereocenters. The van der Waals surface area contributed by atoms with Crippen LogP contribution in [0, 0.1) is 0 Å². The van der Waals surface area contributed by atoms with E-state index in [-0.39, 0.29) is 12.2 Å². The summed E-state index contributed by atoms with van der Waals surface area (Å²) >= 11 is 5.83. The number of benzene rings is 1. The van der Waals surface area contributed by atoms with Crippen LogP contribution in [-0.4, -0.2) is 40.7 Å². The summed E-state index contributed by atoms with van der Waals surface area (Å²) in [5, 5.41) is 0.570. The van der Waals surface area contributed by atoms with E-state index in [9.17, 15) is 4.79 Å². The average molecular weight is 442 g/mol. The van der Waals surface area contributed by atoms with E-state index in [0.29, 0.717) is 23.4 Å². The van der Waals surface area contributed by atoms with E-state index in [1.165, 1.54) is 6.07 Å². The van der Waals surface area contributed by atoms with Crippen LogP contribution in [0.5, 0.6) is 11.5 Å². The van der Waals surface area contributed by atoms with E-state index in [1.54, 1.807) is 35.2 Å². The molecular weight excluding hydrogens is 414 g/mol. The minimum Gasteiger partial charge on any atom is -0.492 e. The number of halogens is 1. The molecule has 0 aliphatic rings. The van der Waals surface area contributed by atoms with Gasteiger partial charge in [0.05, 0.1) is 10.7 Å². The molecule has 0 spiro atoms.